The van der Waals surface area contributed by atoms with E-state index < -0.39 is 0 Å². The number of phenols is 1. The van der Waals surface area contributed by atoms with E-state index in [4.69, 9.17) is 14.6 Å². The molecule has 0 spiro atoms. The molecule has 0 aliphatic rings. The van der Waals surface area contributed by atoms with Gasteiger partial charge in [0, 0.05) is 0 Å². The number of benzene rings is 2. The van der Waals surface area contributed by atoms with Crippen molar-refractivity contribution >= 4 is 0 Å². The highest BCUT2D eigenvalue weighted by atomic mass is 16.5. The standard InChI is InChI=1S/C16H18O3/c17-14-8-10-16(11-9-14)19-13-5-4-12-18-15-6-2-1-3-7-15/h1-3,6-11,17H,4-5,12-13H2. The Kier molecular flexibility index (Phi) is 5.11. The number of ether oxygens (including phenoxy) is 2. The molecule has 0 bridgehead atoms. The first-order valence-electron chi connectivity index (χ1n) is 6.44. The van der Waals surface area contributed by atoms with Crippen LogP contribution in [-0.4, -0.2) is 18.3 Å². The quantitative estimate of drug-likeness (QED) is 0.771. The van der Waals surface area contributed by atoms with Crippen molar-refractivity contribution in [1.82, 2.24) is 0 Å². The molecule has 2 aromatic rings. The Balaban J connectivity index is 1.56. The molecule has 0 unspecified atom stereocenters. The van der Waals surface area contributed by atoms with Gasteiger partial charge in [-0.2, -0.15) is 0 Å². The Morgan fingerprint density at radius 2 is 1.21 bits per heavy atom. The van der Waals surface area contributed by atoms with Crippen molar-refractivity contribution in [3.05, 3.63) is 54.6 Å². The smallest absolute Gasteiger partial charge is 0.119 e. The molecule has 0 saturated carbocycles. The molecule has 0 atom stereocenters. The number of hydrogen-bond donors (Lipinski definition) is 1. The van der Waals surface area contributed by atoms with Crippen LogP contribution in [0.15, 0.2) is 54.6 Å². The highest BCUT2D eigenvalue weighted by molar-refractivity contribution is 5.30. The molecule has 100 valence electrons. The van der Waals surface area contributed by atoms with E-state index in [-0.39, 0.29) is 5.75 Å². The van der Waals surface area contributed by atoms with Crippen molar-refractivity contribution in [2.75, 3.05) is 13.2 Å². The normalized spacial score (nSPS) is 10.1. The van der Waals surface area contributed by atoms with E-state index in [0.29, 0.717) is 13.2 Å². The fraction of sp³-hybridized carbons (Fsp3) is 0.250. The van der Waals surface area contributed by atoms with Crippen LogP contribution < -0.4 is 9.47 Å². The maximum atomic E-state index is 9.13. The first-order chi connectivity index (χ1) is 9.34. The van der Waals surface area contributed by atoms with Crippen molar-refractivity contribution in [3.63, 3.8) is 0 Å². The van der Waals surface area contributed by atoms with Crippen molar-refractivity contribution in [1.29, 1.82) is 0 Å². The molecule has 0 radical (unpaired) electrons. The Hall–Kier alpha value is -2.16. The molecule has 0 aromatic heterocycles. The van der Waals surface area contributed by atoms with E-state index >= 15 is 0 Å². The summed E-state index contributed by atoms with van der Waals surface area (Å²) in [5.74, 6) is 1.94. The van der Waals surface area contributed by atoms with Crippen LogP contribution in [0.25, 0.3) is 0 Å². The number of unbranched alkanes of at least 4 members (excludes halogenated alkanes) is 1. The molecule has 0 fully saturated rings. The van der Waals surface area contributed by atoms with Gasteiger partial charge in [-0.1, -0.05) is 18.2 Å². The fourth-order valence-electron chi connectivity index (χ4n) is 1.64. The Bertz CT molecular complexity index is 465. The fourth-order valence-corrected chi connectivity index (χ4v) is 1.64. The van der Waals surface area contributed by atoms with E-state index in [2.05, 4.69) is 0 Å². The van der Waals surface area contributed by atoms with Crippen LogP contribution in [0.1, 0.15) is 12.8 Å². The summed E-state index contributed by atoms with van der Waals surface area (Å²) in [4.78, 5) is 0. The molecule has 0 saturated heterocycles. The van der Waals surface area contributed by atoms with Gasteiger partial charge in [-0.3, -0.25) is 0 Å². The minimum atomic E-state index is 0.253. The highest BCUT2D eigenvalue weighted by Crippen LogP contribution is 2.16. The Morgan fingerprint density at radius 3 is 1.79 bits per heavy atom. The van der Waals surface area contributed by atoms with Gasteiger partial charge in [0.1, 0.15) is 17.2 Å². The first-order valence-corrected chi connectivity index (χ1v) is 6.44. The summed E-state index contributed by atoms with van der Waals surface area (Å²) in [7, 11) is 0. The van der Waals surface area contributed by atoms with Gasteiger partial charge in [-0.15, -0.1) is 0 Å². The molecule has 2 rings (SSSR count). The van der Waals surface area contributed by atoms with E-state index in [1.54, 1.807) is 24.3 Å². The van der Waals surface area contributed by atoms with Crippen LogP contribution in [0.3, 0.4) is 0 Å². The molecule has 0 heterocycles. The van der Waals surface area contributed by atoms with Gasteiger partial charge in [-0.05, 0) is 49.2 Å². The second-order valence-corrected chi connectivity index (χ2v) is 4.21. The van der Waals surface area contributed by atoms with Crippen molar-refractivity contribution < 1.29 is 14.6 Å². The summed E-state index contributed by atoms with van der Waals surface area (Å²) < 4.78 is 11.1. The molecule has 3 nitrogen and oxygen atoms in total. The predicted octanol–water partition coefficient (Wildman–Crippen LogP) is 3.63. The van der Waals surface area contributed by atoms with Crippen LogP contribution in [0, 0.1) is 0 Å². The van der Waals surface area contributed by atoms with Crippen LogP contribution in [0.5, 0.6) is 17.2 Å². The third-order valence-corrected chi connectivity index (χ3v) is 2.66. The summed E-state index contributed by atoms with van der Waals surface area (Å²) in [6, 6.07) is 16.6. The summed E-state index contributed by atoms with van der Waals surface area (Å²) in [6.45, 7) is 1.35. The second-order valence-electron chi connectivity index (χ2n) is 4.21. The van der Waals surface area contributed by atoms with E-state index in [9.17, 15) is 0 Å². The van der Waals surface area contributed by atoms with Crippen LogP contribution >= 0.6 is 0 Å². The van der Waals surface area contributed by atoms with Crippen molar-refractivity contribution in [2.24, 2.45) is 0 Å². The molecular formula is C16H18O3. The molecule has 1 N–H and O–H groups in total. The topological polar surface area (TPSA) is 38.7 Å². The van der Waals surface area contributed by atoms with Gasteiger partial charge < -0.3 is 14.6 Å². The van der Waals surface area contributed by atoms with Crippen LogP contribution in [0.2, 0.25) is 0 Å². The summed E-state index contributed by atoms with van der Waals surface area (Å²) >= 11 is 0. The molecule has 2 aromatic carbocycles. The minimum absolute atomic E-state index is 0.253. The first kappa shape index (κ1) is 13.3. The molecule has 19 heavy (non-hydrogen) atoms. The molecule has 0 amide bonds. The molecular weight excluding hydrogens is 240 g/mol. The van der Waals surface area contributed by atoms with Crippen LogP contribution in [0.4, 0.5) is 0 Å². The van der Waals surface area contributed by atoms with E-state index in [0.717, 1.165) is 24.3 Å². The van der Waals surface area contributed by atoms with Gasteiger partial charge >= 0.3 is 0 Å². The number of para-hydroxylation sites is 1. The molecule has 0 aliphatic heterocycles. The number of hydrogen-bond acceptors (Lipinski definition) is 3. The Morgan fingerprint density at radius 1 is 0.684 bits per heavy atom. The summed E-state index contributed by atoms with van der Waals surface area (Å²) in [5.41, 5.74) is 0. The highest BCUT2D eigenvalue weighted by Gasteiger charge is 1.95. The number of phenolic OH excluding ortho intramolecular Hbond substituents is 1. The number of rotatable bonds is 7. The van der Waals surface area contributed by atoms with Crippen molar-refractivity contribution in [2.45, 2.75) is 12.8 Å². The summed E-state index contributed by atoms with van der Waals surface area (Å²) in [5, 5.41) is 9.13. The zero-order valence-electron chi connectivity index (χ0n) is 10.8. The van der Waals surface area contributed by atoms with E-state index in [1.165, 1.54) is 0 Å². The van der Waals surface area contributed by atoms with Gasteiger partial charge in [0.05, 0.1) is 13.2 Å². The summed E-state index contributed by atoms with van der Waals surface area (Å²) in [6.07, 6.45) is 1.89. The minimum Gasteiger partial charge on any atom is -0.508 e. The molecule has 0 aliphatic carbocycles. The maximum absolute atomic E-state index is 9.13. The lowest BCUT2D eigenvalue weighted by atomic mass is 10.3. The zero-order chi connectivity index (χ0) is 13.3. The monoisotopic (exact) mass is 258 g/mol. The third-order valence-electron chi connectivity index (χ3n) is 2.66. The Labute approximate surface area is 113 Å². The lowest BCUT2D eigenvalue weighted by Crippen LogP contribution is -2.02. The lowest BCUT2D eigenvalue weighted by molar-refractivity contribution is 0.266. The lowest BCUT2D eigenvalue weighted by Gasteiger charge is -2.07. The van der Waals surface area contributed by atoms with Crippen molar-refractivity contribution in [3.8, 4) is 17.2 Å². The largest absolute Gasteiger partial charge is 0.508 e. The van der Waals surface area contributed by atoms with Gasteiger partial charge in [-0.25, -0.2) is 0 Å². The average molecular weight is 258 g/mol. The SMILES string of the molecule is Oc1ccc(OCCCCOc2ccccc2)cc1. The van der Waals surface area contributed by atoms with Gasteiger partial charge in [0.2, 0.25) is 0 Å². The second kappa shape index (κ2) is 7.31. The molecule has 3 heteroatoms. The predicted molar refractivity (Wildman–Crippen MR) is 74.8 cm³/mol. The van der Waals surface area contributed by atoms with Gasteiger partial charge in [0.15, 0.2) is 0 Å². The van der Waals surface area contributed by atoms with Crippen LogP contribution in [-0.2, 0) is 0 Å². The average Bonchev–Trinajstić information content (AvgIpc) is 2.46. The number of aromatic hydroxyl groups is 1. The zero-order valence-corrected chi connectivity index (χ0v) is 10.8. The third kappa shape index (κ3) is 4.92. The van der Waals surface area contributed by atoms with Gasteiger partial charge in [0.25, 0.3) is 0 Å². The van der Waals surface area contributed by atoms with E-state index in [1.807, 2.05) is 30.3 Å². The maximum Gasteiger partial charge on any atom is 0.119 e.